The molecular weight excluding hydrogens is 326 g/mol. The number of carboxylic acid groups (broad SMARTS) is 1. The number of H-pyrrole nitrogens is 1. The lowest BCUT2D eigenvalue weighted by Gasteiger charge is -2.20. The lowest BCUT2D eigenvalue weighted by molar-refractivity contribution is -0.137. The van der Waals surface area contributed by atoms with Crippen LogP contribution in [0.15, 0.2) is 24.3 Å². The van der Waals surface area contributed by atoms with E-state index < -0.39 is 17.9 Å². The van der Waals surface area contributed by atoms with Crippen LogP contribution in [0.3, 0.4) is 0 Å². The molecule has 134 valence electrons. The minimum absolute atomic E-state index is 0.208. The molecule has 1 aromatic carbocycles. The number of nitrogens with one attached hydrogen (secondary N) is 2. The smallest absolute Gasteiger partial charge is 0.305 e. The summed E-state index contributed by atoms with van der Waals surface area (Å²) >= 11 is 0. The number of ether oxygens (including phenoxy) is 2. The Balaban J connectivity index is 2.29. The maximum Gasteiger partial charge on any atom is 0.305 e. The molecular formula is C17H21N3O5. The van der Waals surface area contributed by atoms with E-state index in [9.17, 15) is 14.7 Å². The Kier molecular flexibility index (Phi) is 5.99. The Morgan fingerprint density at radius 3 is 2.60 bits per heavy atom. The van der Waals surface area contributed by atoms with Gasteiger partial charge in [0.05, 0.1) is 26.7 Å². The van der Waals surface area contributed by atoms with E-state index >= 15 is 0 Å². The van der Waals surface area contributed by atoms with E-state index in [0.717, 1.165) is 5.69 Å². The fraction of sp³-hybridized carbons (Fsp3) is 0.353. The van der Waals surface area contributed by atoms with Crippen LogP contribution < -0.4 is 14.8 Å². The number of aryl methyl sites for hydroxylation is 1. The molecule has 1 aromatic heterocycles. The zero-order valence-corrected chi connectivity index (χ0v) is 14.3. The van der Waals surface area contributed by atoms with Crippen LogP contribution >= 0.6 is 0 Å². The number of amides is 1. The van der Waals surface area contributed by atoms with Crippen LogP contribution in [-0.2, 0) is 11.2 Å². The molecule has 0 aliphatic carbocycles. The molecule has 25 heavy (non-hydrogen) atoms. The van der Waals surface area contributed by atoms with Crippen LogP contribution in [0.25, 0.3) is 0 Å². The molecule has 0 radical (unpaired) electrons. The van der Waals surface area contributed by atoms with E-state index in [2.05, 4.69) is 15.5 Å². The van der Waals surface area contributed by atoms with Crippen molar-refractivity contribution in [3.63, 3.8) is 0 Å². The van der Waals surface area contributed by atoms with E-state index in [0.29, 0.717) is 23.5 Å². The summed E-state index contributed by atoms with van der Waals surface area (Å²) in [5, 5.41) is 18.6. The van der Waals surface area contributed by atoms with E-state index in [1.165, 1.54) is 14.2 Å². The molecule has 2 aromatic rings. The minimum Gasteiger partial charge on any atom is -0.497 e. The van der Waals surface area contributed by atoms with Gasteiger partial charge < -0.3 is 19.9 Å². The minimum atomic E-state index is -1.04. The number of carbonyl (C=O) groups is 2. The lowest BCUT2D eigenvalue weighted by atomic mass is 10.0. The Morgan fingerprint density at radius 2 is 2.04 bits per heavy atom. The van der Waals surface area contributed by atoms with Gasteiger partial charge in [-0.25, -0.2) is 0 Å². The third-order valence-electron chi connectivity index (χ3n) is 3.74. The molecule has 0 spiro atoms. The molecule has 1 heterocycles. The van der Waals surface area contributed by atoms with Crippen molar-refractivity contribution in [1.82, 2.24) is 15.5 Å². The first-order chi connectivity index (χ1) is 12.0. The summed E-state index contributed by atoms with van der Waals surface area (Å²) in [5.41, 5.74) is 1.58. The summed E-state index contributed by atoms with van der Waals surface area (Å²) < 4.78 is 10.5. The highest BCUT2D eigenvalue weighted by Crippen LogP contribution is 2.31. The molecule has 1 atom stereocenters. The van der Waals surface area contributed by atoms with Crippen molar-refractivity contribution in [3.8, 4) is 11.5 Å². The van der Waals surface area contributed by atoms with Gasteiger partial charge in [-0.3, -0.25) is 14.7 Å². The maximum atomic E-state index is 12.4. The Morgan fingerprint density at radius 1 is 1.28 bits per heavy atom. The van der Waals surface area contributed by atoms with E-state index in [-0.39, 0.29) is 12.1 Å². The van der Waals surface area contributed by atoms with Crippen molar-refractivity contribution in [1.29, 1.82) is 0 Å². The average molecular weight is 347 g/mol. The number of hydrogen-bond donors (Lipinski definition) is 3. The van der Waals surface area contributed by atoms with Crippen molar-refractivity contribution in [2.45, 2.75) is 25.8 Å². The van der Waals surface area contributed by atoms with Crippen LogP contribution in [-0.4, -0.2) is 41.4 Å². The molecule has 0 aliphatic rings. The van der Waals surface area contributed by atoms with E-state index in [1.54, 1.807) is 24.3 Å². The quantitative estimate of drug-likeness (QED) is 0.672. The third-order valence-corrected chi connectivity index (χ3v) is 3.74. The number of benzene rings is 1. The summed E-state index contributed by atoms with van der Waals surface area (Å²) in [6.07, 6.45) is 0.421. The molecule has 1 unspecified atom stereocenters. The molecule has 8 heteroatoms. The zero-order valence-electron chi connectivity index (χ0n) is 14.3. The van der Waals surface area contributed by atoms with Gasteiger partial charge in [-0.1, -0.05) is 6.92 Å². The molecule has 8 nitrogen and oxygen atoms in total. The van der Waals surface area contributed by atoms with Crippen LogP contribution in [0.1, 0.15) is 41.1 Å². The first kappa shape index (κ1) is 18.3. The Bertz CT molecular complexity index is 756. The van der Waals surface area contributed by atoms with Gasteiger partial charge in [0, 0.05) is 17.3 Å². The molecule has 0 saturated heterocycles. The molecule has 0 fully saturated rings. The molecule has 1 amide bonds. The molecule has 0 bridgehead atoms. The number of carboxylic acids is 1. The van der Waals surface area contributed by atoms with Gasteiger partial charge in [0.25, 0.3) is 5.91 Å². The second-order valence-corrected chi connectivity index (χ2v) is 5.36. The van der Waals surface area contributed by atoms with Crippen LogP contribution in [0.2, 0.25) is 0 Å². The number of rotatable bonds is 8. The zero-order chi connectivity index (χ0) is 18.4. The Hall–Kier alpha value is -3.03. The van der Waals surface area contributed by atoms with Crippen LogP contribution in [0.4, 0.5) is 0 Å². The highest BCUT2D eigenvalue weighted by atomic mass is 16.5. The summed E-state index contributed by atoms with van der Waals surface area (Å²) in [6.45, 7) is 1.94. The van der Waals surface area contributed by atoms with Crippen molar-refractivity contribution in [3.05, 3.63) is 41.2 Å². The van der Waals surface area contributed by atoms with Gasteiger partial charge in [-0.2, -0.15) is 5.10 Å². The number of nitrogens with zero attached hydrogens (tertiary/aromatic N) is 1. The molecule has 2 rings (SSSR count). The fourth-order valence-corrected chi connectivity index (χ4v) is 2.41. The standard InChI is InChI=1S/C17H21N3O5/c1-4-10-7-14(20-19-10)17(23)18-13(9-16(21)22)12-6-5-11(24-2)8-15(12)25-3/h5-8,13H,4,9H2,1-3H3,(H,18,23)(H,19,20)(H,21,22). The van der Waals surface area contributed by atoms with Crippen molar-refractivity contribution >= 4 is 11.9 Å². The van der Waals surface area contributed by atoms with Crippen LogP contribution in [0, 0.1) is 0 Å². The first-order valence-electron chi connectivity index (χ1n) is 7.77. The normalized spacial score (nSPS) is 11.6. The van der Waals surface area contributed by atoms with E-state index in [1.807, 2.05) is 6.92 Å². The average Bonchev–Trinajstić information content (AvgIpc) is 3.09. The van der Waals surface area contributed by atoms with Gasteiger partial charge >= 0.3 is 5.97 Å². The van der Waals surface area contributed by atoms with Gasteiger partial charge in [-0.15, -0.1) is 0 Å². The van der Waals surface area contributed by atoms with Gasteiger partial charge in [0.1, 0.15) is 17.2 Å². The monoisotopic (exact) mass is 347 g/mol. The van der Waals surface area contributed by atoms with Gasteiger partial charge in [0.2, 0.25) is 0 Å². The number of carbonyl (C=O) groups excluding carboxylic acids is 1. The highest BCUT2D eigenvalue weighted by Gasteiger charge is 2.23. The topological polar surface area (TPSA) is 114 Å². The second kappa shape index (κ2) is 8.18. The molecule has 0 aliphatic heterocycles. The number of hydrogen-bond acceptors (Lipinski definition) is 5. The largest absolute Gasteiger partial charge is 0.497 e. The lowest BCUT2D eigenvalue weighted by Crippen LogP contribution is -2.30. The summed E-state index contributed by atoms with van der Waals surface area (Å²) in [5.74, 6) is -0.498. The Labute approximate surface area is 145 Å². The SMILES string of the molecule is CCc1cc(C(=O)NC(CC(=O)O)c2ccc(OC)cc2OC)n[nH]1. The van der Waals surface area contributed by atoms with Crippen molar-refractivity contribution in [2.75, 3.05) is 14.2 Å². The number of methoxy groups -OCH3 is 2. The number of aromatic nitrogens is 2. The first-order valence-corrected chi connectivity index (χ1v) is 7.77. The van der Waals surface area contributed by atoms with Gasteiger partial charge in [-0.05, 0) is 24.6 Å². The highest BCUT2D eigenvalue weighted by molar-refractivity contribution is 5.93. The van der Waals surface area contributed by atoms with Crippen molar-refractivity contribution in [2.24, 2.45) is 0 Å². The van der Waals surface area contributed by atoms with Crippen LogP contribution in [0.5, 0.6) is 11.5 Å². The summed E-state index contributed by atoms with van der Waals surface area (Å²) in [4.78, 5) is 23.6. The third kappa shape index (κ3) is 4.50. The summed E-state index contributed by atoms with van der Waals surface area (Å²) in [7, 11) is 2.99. The summed E-state index contributed by atoms with van der Waals surface area (Å²) in [6, 6.07) is 5.86. The van der Waals surface area contributed by atoms with Crippen molar-refractivity contribution < 1.29 is 24.2 Å². The van der Waals surface area contributed by atoms with E-state index in [4.69, 9.17) is 9.47 Å². The second-order valence-electron chi connectivity index (χ2n) is 5.36. The fourth-order valence-electron chi connectivity index (χ4n) is 2.41. The van der Waals surface area contributed by atoms with Gasteiger partial charge in [0.15, 0.2) is 0 Å². The number of aliphatic carboxylic acids is 1. The number of aromatic amines is 1. The molecule has 3 N–H and O–H groups in total. The maximum absolute atomic E-state index is 12.4. The predicted octanol–water partition coefficient (Wildman–Crippen LogP) is 1.94. The molecule has 0 saturated carbocycles. The predicted molar refractivity (Wildman–Crippen MR) is 90.0 cm³/mol.